The van der Waals surface area contributed by atoms with Crippen LogP contribution in [0.2, 0.25) is 0 Å². The third-order valence-electron chi connectivity index (χ3n) is 3.74. The van der Waals surface area contributed by atoms with Crippen LogP contribution in [0, 0.1) is 12.8 Å². The minimum Gasteiger partial charge on any atom is -0.508 e. The fourth-order valence-corrected chi connectivity index (χ4v) is 2.68. The van der Waals surface area contributed by atoms with Gasteiger partial charge in [0.25, 0.3) is 5.91 Å². The summed E-state index contributed by atoms with van der Waals surface area (Å²) in [5.74, 6) is 0.855. The number of nitrogens with one attached hydrogen (secondary N) is 1. The third kappa shape index (κ3) is 3.26. The van der Waals surface area contributed by atoms with Gasteiger partial charge in [0.2, 0.25) is 0 Å². The van der Waals surface area contributed by atoms with E-state index in [2.05, 4.69) is 5.32 Å². The molecule has 0 bridgehead atoms. The highest BCUT2D eigenvalue weighted by molar-refractivity contribution is 5.94. The molecule has 1 aromatic carbocycles. The molecule has 4 heteroatoms. The molecule has 1 aromatic rings. The Morgan fingerprint density at radius 3 is 3.00 bits per heavy atom. The van der Waals surface area contributed by atoms with Crippen LogP contribution in [0.1, 0.15) is 28.8 Å². The first kappa shape index (κ1) is 13.9. The van der Waals surface area contributed by atoms with Gasteiger partial charge in [-0.3, -0.25) is 4.79 Å². The molecule has 2 rings (SSSR count). The van der Waals surface area contributed by atoms with Gasteiger partial charge in [-0.1, -0.05) is 0 Å². The summed E-state index contributed by atoms with van der Waals surface area (Å²) in [5, 5.41) is 12.7. The maximum atomic E-state index is 12.4. The van der Waals surface area contributed by atoms with E-state index in [1.165, 1.54) is 6.42 Å². The Bertz CT molecular complexity index is 457. The van der Waals surface area contributed by atoms with E-state index < -0.39 is 0 Å². The number of aromatic hydroxyl groups is 1. The summed E-state index contributed by atoms with van der Waals surface area (Å²) >= 11 is 0. The van der Waals surface area contributed by atoms with Crippen molar-refractivity contribution >= 4 is 5.91 Å². The molecule has 1 aliphatic rings. The molecule has 1 amide bonds. The predicted molar refractivity (Wildman–Crippen MR) is 75.4 cm³/mol. The Hall–Kier alpha value is -1.55. The van der Waals surface area contributed by atoms with Crippen molar-refractivity contribution in [1.82, 2.24) is 10.2 Å². The molecule has 4 nitrogen and oxygen atoms in total. The number of aryl methyl sites for hydroxylation is 1. The van der Waals surface area contributed by atoms with Crippen LogP contribution in [0.4, 0.5) is 0 Å². The summed E-state index contributed by atoms with van der Waals surface area (Å²) in [7, 11) is 1.95. The zero-order chi connectivity index (χ0) is 13.8. The average Bonchev–Trinajstić information content (AvgIpc) is 2.42. The van der Waals surface area contributed by atoms with Gasteiger partial charge in [0, 0.05) is 18.7 Å². The fourth-order valence-electron chi connectivity index (χ4n) is 2.68. The first-order chi connectivity index (χ1) is 9.11. The van der Waals surface area contributed by atoms with E-state index in [0.717, 1.165) is 31.6 Å². The number of nitrogens with zero attached hydrogens (tertiary/aromatic N) is 1. The summed E-state index contributed by atoms with van der Waals surface area (Å²) in [6, 6.07) is 5.06. The lowest BCUT2D eigenvalue weighted by atomic mass is 9.97. The molecule has 104 valence electrons. The van der Waals surface area contributed by atoms with Crippen molar-refractivity contribution in [2.45, 2.75) is 19.8 Å². The van der Waals surface area contributed by atoms with E-state index in [4.69, 9.17) is 0 Å². The largest absolute Gasteiger partial charge is 0.508 e. The van der Waals surface area contributed by atoms with Crippen LogP contribution in [0.15, 0.2) is 18.2 Å². The molecule has 1 atom stereocenters. The Morgan fingerprint density at radius 1 is 1.53 bits per heavy atom. The molecule has 1 saturated heterocycles. The second-order valence-electron chi connectivity index (χ2n) is 5.32. The van der Waals surface area contributed by atoms with Crippen molar-refractivity contribution in [2.24, 2.45) is 5.92 Å². The zero-order valence-corrected chi connectivity index (χ0v) is 11.6. The molecule has 0 aromatic heterocycles. The van der Waals surface area contributed by atoms with Crippen LogP contribution in [-0.4, -0.2) is 42.6 Å². The second kappa shape index (κ2) is 6.06. The van der Waals surface area contributed by atoms with Crippen molar-refractivity contribution in [2.75, 3.05) is 26.7 Å². The van der Waals surface area contributed by atoms with Gasteiger partial charge in [-0.25, -0.2) is 0 Å². The minimum absolute atomic E-state index is 0.0731. The molecule has 1 fully saturated rings. The predicted octanol–water partition coefficient (Wildman–Crippen LogP) is 1.77. The van der Waals surface area contributed by atoms with Gasteiger partial charge in [-0.05, 0) is 63.0 Å². The van der Waals surface area contributed by atoms with Crippen molar-refractivity contribution in [1.29, 1.82) is 0 Å². The first-order valence-electron chi connectivity index (χ1n) is 6.85. The van der Waals surface area contributed by atoms with Crippen molar-refractivity contribution < 1.29 is 9.90 Å². The number of phenols is 1. The van der Waals surface area contributed by atoms with E-state index in [0.29, 0.717) is 11.5 Å². The monoisotopic (exact) mass is 262 g/mol. The molecule has 0 saturated carbocycles. The maximum Gasteiger partial charge on any atom is 0.253 e. The Morgan fingerprint density at radius 2 is 2.32 bits per heavy atom. The third-order valence-corrected chi connectivity index (χ3v) is 3.74. The summed E-state index contributed by atoms with van der Waals surface area (Å²) < 4.78 is 0. The summed E-state index contributed by atoms with van der Waals surface area (Å²) in [6.07, 6.45) is 2.24. The Labute approximate surface area is 114 Å². The minimum atomic E-state index is 0.0731. The number of phenolic OH excluding ortho intramolecular Hbond substituents is 1. The van der Waals surface area contributed by atoms with Gasteiger partial charge < -0.3 is 15.3 Å². The molecule has 1 heterocycles. The van der Waals surface area contributed by atoms with E-state index >= 15 is 0 Å². The van der Waals surface area contributed by atoms with Crippen molar-refractivity contribution in [3.63, 3.8) is 0 Å². The summed E-state index contributed by atoms with van der Waals surface area (Å²) in [4.78, 5) is 14.4. The van der Waals surface area contributed by atoms with Crippen LogP contribution >= 0.6 is 0 Å². The zero-order valence-electron chi connectivity index (χ0n) is 11.6. The lowest BCUT2D eigenvalue weighted by molar-refractivity contribution is 0.0674. The quantitative estimate of drug-likeness (QED) is 0.873. The normalized spacial score (nSPS) is 19.5. The molecule has 1 aliphatic heterocycles. The SMILES string of the molecule is CNCC1CCCN(C(=O)c2ccc(O)c(C)c2)C1. The van der Waals surface area contributed by atoms with Crippen LogP contribution in [0.25, 0.3) is 0 Å². The molecular formula is C15H22N2O2. The second-order valence-corrected chi connectivity index (χ2v) is 5.32. The number of likely N-dealkylation sites (tertiary alicyclic amines) is 1. The lowest BCUT2D eigenvalue weighted by Gasteiger charge is -2.32. The molecule has 2 N–H and O–H groups in total. The number of amides is 1. The smallest absolute Gasteiger partial charge is 0.253 e. The molecular weight excluding hydrogens is 240 g/mol. The summed E-state index contributed by atoms with van der Waals surface area (Å²) in [6.45, 7) is 4.42. The van der Waals surface area contributed by atoms with Gasteiger partial charge >= 0.3 is 0 Å². The van der Waals surface area contributed by atoms with Crippen LogP contribution in [-0.2, 0) is 0 Å². The average molecular weight is 262 g/mol. The number of benzene rings is 1. The number of hydrogen-bond donors (Lipinski definition) is 2. The standard InChI is InChI=1S/C15H22N2O2/c1-11-8-13(5-6-14(11)18)15(19)17-7-3-4-12(10-17)9-16-2/h5-6,8,12,16,18H,3-4,7,9-10H2,1-2H3. The van der Waals surface area contributed by atoms with Crippen LogP contribution in [0.3, 0.4) is 0 Å². The molecule has 0 radical (unpaired) electrons. The van der Waals surface area contributed by atoms with E-state index in [1.807, 2.05) is 18.9 Å². The topological polar surface area (TPSA) is 52.6 Å². The van der Waals surface area contributed by atoms with Crippen LogP contribution < -0.4 is 5.32 Å². The summed E-state index contributed by atoms with van der Waals surface area (Å²) in [5.41, 5.74) is 1.41. The Balaban J connectivity index is 2.08. The van der Waals surface area contributed by atoms with Crippen molar-refractivity contribution in [3.05, 3.63) is 29.3 Å². The number of piperidine rings is 1. The van der Waals surface area contributed by atoms with Gasteiger partial charge in [-0.2, -0.15) is 0 Å². The van der Waals surface area contributed by atoms with Gasteiger partial charge in [-0.15, -0.1) is 0 Å². The molecule has 1 unspecified atom stereocenters. The highest BCUT2D eigenvalue weighted by Crippen LogP contribution is 2.21. The lowest BCUT2D eigenvalue weighted by Crippen LogP contribution is -2.42. The van der Waals surface area contributed by atoms with Gasteiger partial charge in [0.05, 0.1) is 0 Å². The molecule has 19 heavy (non-hydrogen) atoms. The fraction of sp³-hybridized carbons (Fsp3) is 0.533. The van der Waals surface area contributed by atoms with E-state index in [1.54, 1.807) is 18.2 Å². The molecule has 0 spiro atoms. The number of carbonyl (C=O) groups excluding carboxylic acids is 1. The maximum absolute atomic E-state index is 12.4. The van der Waals surface area contributed by atoms with Crippen molar-refractivity contribution in [3.8, 4) is 5.75 Å². The Kier molecular flexibility index (Phi) is 4.43. The number of rotatable bonds is 3. The van der Waals surface area contributed by atoms with E-state index in [9.17, 15) is 9.90 Å². The number of hydrogen-bond acceptors (Lipinski definition) is 3. The van der Waals surface area contributed by atoms with Crippen LogP contribution in [0.5, 0.6) is 5.75 Å². The first-order valence-corrected chi connectivity index (χ1v) is 6.85. The number of carbonyl (C=O) groups is 1. The van der Waals surface area contributed by atoms with E-state index in [-0.39, 0.29) is 11.7 Å². The van der Waals surface area contributed by atoms with Gasteiger partial charge in [0.1, 0.15) is 5.75 Å². The highest BCUT2D eigenvalue weighted by atomic mass is 16.3. The highest BCUT2D eigenvalue weighted by Gasteiger charge is 2.24. The molecule has 0 aliphatic carbocycles. The van der Waals surface area contributed by atoms with Gasteiger partial charge in [0.15, 0.2) is 0 Å².